The fourth-order valence-electron chi connectivity index (χ4n) is 4.98. The lowest BCUT2D eigenvalue weighted by molar-refractivity contribution is -0.124. The summed E-state index contributed by atoms with van der Waals surface area (Å²) < 4.78 is 0. The Hall–Kier alpha value is -1.32. The summed E-state index contributed by atoms with van der Waals surface area (Å²) in [6, 6.07) is 0.648. The number of fused-ring (bicyclic) bond motifs is 2. The molecule has 0 saturated heterocycles. The summed E-state index contributed by atoms with van der Waals surface area (Å²) in [5, 5.41) is 6.25. The monoisotopic (exact) mass is 316 g/mol. The first-order chi connectivity index (χ1) is 11.1. The SMILES string of the molecule is C=C(CC(=O)NC1CCC[C@@H]2C[C@H]12)C(=O)NC1CCC[C@@H]2C[C@H]12. The van der Waals surface area contributed by atoms with E-state index in [4.69, 9.17) is 0 Å². The molecule has 23 heavy (non-hydrogen) atoms. The van der Waals surface area contributed by atoms with E-state index in [2.05, 4.69) is 17.2 Å². The predicted octanol–water partition coefficient (Wildman–Crippen LogP) is 2.54. The number of hydrogen-bond acceptors (Lipinski definition) is 2. The lowest BCUT2D eigenvalue weighted by atomic mass is 9.94. The largest absolute Gasteiger partial charge is 0.353 e. The third kappa shape index (κ3) is 3.31. The highest BCUT2D eigenvalue weighted by Gasteiger charge is 2.46. The molecule has 0 aliphatic heterocycles. The molecule has 126 valence electrons. The van der Waals surface area contributed by atoms with E-state index >= 15 is 0 Å². The molecule has 4 aliphatic carbocycles. The van der Waals surface area contributed by atoms with E-state index in [1.807, 2.05) is 0 Å². The second-order valence-electron chi connectivity index (χ2n) is 8.22. The zero-order valence-corrected chi connectivity index (χ0v) is 13.9. The standard InChI is InChI=1S/C19H28N2O2/c1-11(19(23)21-17-7-3-5-13-10-15(13)17)8-18(22)20-16-6-2-4-12-9-14(12)16/h12-17H,1-10H2,(H,20,22)(H,21,23)/t12-,13-,14+,15+,16?,17?/m1/s1. The molecular weight excluding hydrogens is 288 g/mol. The minimum Gasteiger partial charge on any atom is -0.353 e. The van der Waals surface area contributed by atoms with Crippen molar-refractivity contribution in [2.24, 2.45) is 23.7 Å². The molecule has 4 fully saturated rings. The average molecular weight is 316 g/mol. The summed E-state index contributed by atoms with van der Waals surface area (Å²) in [5.41, 5.74) is 0.411. The fraction of sp³-hybridized carbons (Fsp3) is 0.789. The maximum Gasteiger partial charge on any atom is 0.247 e. The molecule has 0 radical (unpaired) electrons. The van der Waals surface area contributed by atoms with Crippen molar-refractivity contribution in [1.82, 2.24) is 10.6 Å². The van der Waals surface area contributed by atoms with Crippen LogP contribution in [0.1, 0.15) is 57.8 Å². The van der Waals surface area contributed by atoms with Gasteiger partial charge in [0.15, 0.2) is 0 Å². The van der Waals surface area contributed by atoms with Crippen LogP contribution in [0.5, 0.6) is 0 Å². The van der Waals surface area contributed by atoms with Crippen LogP contribution in [0, 0.1) is 23.7 Å². The lowest BCUT2D eigenvalue weighted by Crippen LogP contribution is -2.41. The average Bonchev–Trinajstić information content (AvgIpc) is 3.40. The Bertz CT molecular complexity index is 529. The van der Waals surface area contributed by atoms with Crippen LogP contribution in [-0.2, 0) is 9.59 Å². The van der Waals surface area contributed by atoms with Crippen molar-refractivity contribution in [2.45, 2.75) is 69.9 Å². The highest BCUT2D eigenvalue weighted by molar-refractivity contribution is 5.98. The Morgan fingerprint density at radius 2 is 1.43 bits per heavy atom. The Morgan fingerprint density at radius 3 is 2.04 bits per heavy atom. The van der Waals surface area contributed by atoms with Crippen molar-refractivity contribution in [3.05, 3.63) is 12.2 Å². The second kappa shape index (κ2) is 5.95. The summed E-state index contributed by atoms with van der Waals surface area (Å²) in [6.07, 6.45) is 9.94. The van der Waals surface area contributed by atoms with Crippen LogP contribution >= 0.6 is 0 Å². The van der Waals surface area contributed by atoms with Gasteiger partial charge in [0.2, 0.25) is 11.8 Å². The van der Waals surface area contributed by atoms with E-state index in [0.717, 1.165) is 24.7 Å². The first kappa shape index (κ1) is 15.2. The van der Waals surface area contributed by atoms with Gasteiger partial charge in [0, 0.05) is 17.7 Å². The molecule has 0 bridgehead atoms. The van der Waals surface area contributed by atoms with Gasteiger partial charge in [0.05, 0.1) is 6.42 Å². The van der Waals surface area contributed by atoms with Gasteiger partial charge in [-0.1, -0.05) is 32.3 Å². The summed E-state index contributed by atoms with van der Waals surface area (Å²) in [7, 11) is 0. The predicted molar refractivity (Wildman–Crippen MR) is 88.5 cm³/mol. The zero-order valence-electron chi connectivity index (χ0n) is 13.9. The molecule has 0 aromatic carbocycles. The molecule has 2 unspecified atom stereocenters. The highest BCUT2D eigenvalue weighted by atomic mass is 16.2. The first-order valence-electron chi connectivity index (χ1n) is 9.40. The van der Waals surface area contributed by atoms with Gasteiger partial charge in [-0.3, -0.25) is 9.59 Å². The van der Waals surface area contributed by atoms with Gasteiger partial charge in [0.25, 0.3) is 0 Å². The molecule has 0 aromatic rings. The van der Waals surface area contributed by atoms with E-state index in [9.17, 15) is 9.59 Å². The van der Waals surface area contributed by atoms with Crippen molar-refractivity contribution >= 4 is 11.8 Å². The van der Waals surface area contributed by atoms with Gasteiger partial charge in [-0.25, -0.2) is 0 Å². The first-order valence-corrected chi connectivity index (χ1v) is 9.40. The van der Waals surface area contributed by atoms with Crippen molar-refractivity contribution < 1.29 is 9.59 Å². The molecule has 2 N–H and O–H groups in total. The van der Waals surface area contributed by atoms with Gasteiger partial charge < -0.3 is 10.6 Å². The summed E-state index contributed by atoms with van der Waals surface area (Å²) >= 11 is 0. The van der Waals surface area contributed by atoms with E-state index in [1.165, 1.54) is 38.5 Å². The van der Waals surface area contributed by atoms with Gasteiger partial charge in [-0.05, 0) is 49.4 Å². The third-order valence-corrected chi connectivity index (χ3v) is 6.53. The summed E-state index contributed by atoms with van der Waals surface area (Å²) in [5.74, 6) is 2.91. The van der Waals surface area contributed by atoms with Crippen molar-refractivity contribution in [3.63, 3.8) is 0 Å². The van der Waals surface area contributed by atoms with Crippen LogP contribution in [0.15, 0.2) is 12.2 Å². The number of hydrogen-bond donors (Lipinski definition) is 2. The number of carbonyl (C=O) groups is 2. The molecule has 0 heterocycles. The van der Waals surface area contributed by atoms with Crippen LogP contribution in [0.25, 0.3) is 0 Å². The van der Waals surface area contributed by atoms with Gasteiger partial charge in [-0.2, -0.15) is 0 Å². The van der Waals surface area contributed by atoms with Gasteiger partial charge in [0.1, 0.15) is 0 Å². The van der Waals surface area contributed by atoms with E-state index in [0.29, 0.717) is 29.5 Å². The minimum absolute atomic E-state index is 0.0318. The Kier molecular flexibility index (Phi) is 3.94. The third-order valence-electron chi connectivity index (χ3n) is 6.53. The van der Waals surface area contributed by atoms with Gasteiger partial charge in [-0.15, -0.1) is 0 Å². The number of nitrogens with one attached hydrogen (secondary N) is 2. The Balaban J connectivity index is 1.22. The topological polar surface area (TPSA) is 58.2 Å². The number of rotatable bonds is 5. The molecule has 0 spiro atoms. The van der Waals surface area contributed by atoms with Crippen molar-refractivity contribution in [3.8, 4) is 0 Å². The van der Waals surface area contributed by atoms with E-state index in [1.54, 1.807) is 0 Å². The normalized spacial score (nSPS) is 40.3. The fourth-order valence-corrected chi connectivity index (χ4v) is 4.98. The second-order valence-corrected chi connectivity index (χ2v) is 8.22. The zero-order chi connectivity index (χ0) is 16.0. The van der Waals surface area contributed by atoms with Crippen LogP contribution in [-0.4, -0.2) is 23.9 Å². The maximum atomic E-state index is 12.3. The van der Waals surface area contributed by atoms with Crippen LogP contribution in [0.4, 0.5) is 0 Å². The summed E-state index contributed by atoms with van der Waals surface area (Å²) in [4.78, 5) is 24.5. The van der Waals surface area contributed by atoms with Crippen molar-refractivity contribution in [1.29, 1.82) is 0 Å². The molecule has 2 amide bonds. The summed E-state index contributed by atoms with van der Waals surface area (Å²) in [6.45, 7) is 3.85. The highest BCUT2D eigenvalue weighted by Crippen LogP contribution is 2.50. The van der Waals surface area contributed by atoms with Crippen molar-refractivity contribution in [2.75, 3.05) is 0 Å². The van der Waals surface area contributed by atoms with E-state index in [-0.39, 0.29) is 18.2 Å². The molecule has 4 heteroatoms. The molecule has 4 aliphatic rings. The van der Waals surface area contributed by atoms with Gasteiger partial charge >= 0.3 is 0 Å². The molecular formula is C19H28N2O2. The minimum atomic E-state index is -0.120. The quantitative estimate of drug-likeness (QED) is 0.766. The molecule has 0 aromatic heterocycles. The molecule has 4 nitrogen and oxygen atoms in total. The van der Waals surface area contributed by atoms with E-state index < -0.39 is 0 Å². The molecule has 4 rings (SSSR count). The maximum absolute atomic E-state index is 12.3. The molecule has 4 saturated carbocycles. The van der Waals surface area contributed by atoms with Crippen LogP contribution in [0.2, 0.25) is 0 Å². The number of carbonyl (C=O) groups excluding carboxylic acids is 2. The smallest absolute Gasteiger partial charge is 0.247 e. The van der Waals surface area contributed by atoms with Crippen LogP contribution in [0.3, 0.4) is 0 Å². The Morgan fingerprint density at radius 1 is 0.870 bits per heavy atom. The lowest BCUT2D eigenvalue weighted by Gasteiger charge is -2.24. The number of amides is 2. The van der Waals surface area contributed by atoms with Crippen LogP contribution < -0.4 is 10.6 Å². The molecule has 6 atom stereocenters. The Labute approximate surface area is 138 Å².